The predicted molar refractivity (Wildman–Crippen MR) is 89.2 cm³/mol. The number of aromatic amines is 1. The van der Waals surface area contributed by atoms with E-state index in [4.69, 9.17) is 10.5 Å². The molecule has 1 aliphatic carbocycles. The van der Waals surface area contributed by atoms with Gasteiger partial charge in [-0.25, -0.2) is 4.98 Å². The highest BCUT2D eigenvalue weighted by Gasteiger charge is 2.39. The number of aromatic nitrogens is 4. The van der Waals surface area contributed by atoms with Crippen molar-refractivity contribution in [3.8, 4) is 0 Å². The first-order valence-electron chi connectivity index (χ1n) is 8.61. The minimum Gasteiger partial charge on any atom is -0.371 e. The summed E-state index contributed by atoms with van der Waals surface area (Å²) in [6.07, 6.45) is 8.27. The number of rotatable bonds is 5. The normalized spacial score (nSPS) is 25.2. The van der Waals surface area contributed by atoms with Gasteiger partial charge >= 0.3 is 0 Å². The summed E-state index contributed by atoms with van der Waals surface area (Å²) < 4.78 is 6.35. The van der Waals surface area contributed by atoms with Crippen molar-refractivity contribution in [2.24, 2.45) is 5.92 Å². The van der Waals surface area contributed by atoms with E-state index in [1.165, 1.54) is 25.7 Å². The molecule has 2 atom stereocenters. The Morgan fingerprint density at radius 2 is 2.22 bits per heavy atom. The molecule has 2 aromatic rings. The zero-order valence-electron chi connectivity index (χ0n) is 13.5. The van der Waals surface area contributed by atoms with E-state index in [2.05, 4.69) is 31.8 Å². The second kappa shape index (κ2) is 5.96. The van der Waals surface area contributed by atoms with Crippen molar-refractivity contribution in [3.05, 3.63) is 6.33 Å². The molecule has 0 aromatic carbocycles. The molecule has 0 amide bonds. The lowest BCUT2D eigenvalue weighted by atomic mass is 10.1. The number of imidazole rings is 1. The number of H-pyrrole nitrogens is 1. The number of nitrogens with zero attached hydrogens (tertiary/aromatic N) is 4. The van der Waals surface area contributed by atoms with Crippen molar-refractivity contribution in [1.82, 2.24) is 19.9 Å². The number of nitrogens with two attached hydrogens (primary N) is 1. The smallest absolute Gasteiger partial charge is 0.224 e. The van der Waals surface area contributed by atoms with E-state index >= 15 is 0 Å². The fourth-order valence-corrected chi connectivity index (χ4v) is 3.43. The Morgan fingerprint density at radius 3 is 3.00 bits per heavy atom. The van der Waals surface area contributed by atoms with Crippen molar-refractivity contribution < 1.29 is 4.74 Å². The van der Waals surface area contributed by atoms with Gasteiger partial charge in [0.05, 0.1) is 18.5 Å². The molecule has 2 aliphatic rings. The summed E-state index contributed by atoms with van der Waals surface area (Å²) in [7, 11) is 0. The Morgan fingerprint density at radius 1 is 1.35 bits per heavy atom. The molecule has 2 fully saturated rings. The van der Waals surface area contributed by atoms with Crippen LogP contribution in [0.4, 0.5) is 11.8 Å². The van der Waals surface area contributed by atoms with Crippen LogP contribution in [-0.4, -0.2) is 45.2 Å². The minimum absolute atomic E-state index is 0.267. The van der Waals surface area contributed by atoms with Gasteiger partial charge in [0, 0.05) is 13.1 Å². The van der Waals surface area contributed by atoms with Gasteiger partial charge in [-0.15, -0.1) is 0 Å². The first-order valence-corrected chi connectivity index (χ1v) is 8.61. The van der Waals surface area contributed by atoms with Crippen molar-refractivity contribution in [2.75, 3.05) is 23.7 Å². The molecule has 7 nitrogen and oxygen atoms in total. The number of hydrogen-bond donors (Lipinski definition) is 2. The Bertz CT molecular complexity index is 682. The van der Waals surface area contributed by atoms with Gasteiger partial charge < -0.3 is 20.4 Å². The Hall–Kier alpha value is -1.89. The molecule has 0 unspecified atom stereocenters. The van der Waals surface area contributed by atoms with Gasteiger partial charge in [0.15, 0.2) is 11.5 Å². The summed E-state index contributed by atoms with van der Waals surface area (Å²) >= 11 is 0. The third kappa shape index (κ3) is 2.97. The van der Waals surface area contributed by atoms with Crippen molar-refractivity contribution in [2.45, 2.75) is 51.2 Å². The fraction of sp³-hybridized carbons (Fsp3) is 0.688. The lowest BCUT2D eigenvalue weighted by Crippen LogP contribution is -2.49. The molecule has 1 saturated carbocycles. The molecule has 1 aliphatic heterocycles. The van der Waals surface area contributed by atoms with Gasteiger partial charge in [0.2, 0.25) is 5.95 Å². The Kier molecular flexibility index (Phi) is 3.80. The van der Waals surface area contributed by atoms with Crippen molar-refractivity contribution in [3.63, 3.8) is 0 Å². The van der Waals surface area contributed by atoms with Gasteiger partial charge in [0.1, 0.15) is 5.52 Å². The van der Waals surface area contributed by atoms with Crippen LogP contribution in [0.25, 0.3) is 11.2 Å². The number of fused-ring (bicyclic) bond motifs is 1. The predicted octanol–water partition coefficient (Wildman–Crippen LogP) is 2.11. The van der Waals surface area contributed by atoms with Crippen LogP contribution in [0, 0.1) is 5.92 Å². The highest BCUT2D eigenvalue weighted by molar-refractivity contribution is 5.84. The maximum Gasteiger partial charge on any atom is 0.224 e. The molecular formula is C16H24N6O. The van der Waals surface area contributed by atoms with Crippen molar-refractivity contribution >= 4 is 22.9 Å². The molecule has 2 aromatic heterocycles. The van der Waals surface area contributed by atoms with E-state index in [0.717, 1.165) is 30.8 Å². The summed E-state index contributed by atoms with van der Waals surface area (Å²) in [6, 6.07) is 0. The number of hydrogen-bond acceptors (Lipinski definition) is 6. The van der Waals surface area contributed by atoms with Crippen LogP contribution in [-0.2, 0) is 4.74 Å². The highest BCUT2D eigenvalue weighted by atomic mass is 16.5. The molecule has 1 saturated heterocycles. The van der Waals surface area contributed by atoms with Crippen LogP contribution in [0.1, 0.15) is 39.0 Å². The van der Waals surface area contributed by atoms with Gasteiger partial charge in [-0.2, -0.15) is 9.97 Å². The number of nitrogen functional groups attached to an aromatic ring is 1. The van der Waals surface area contributed by atoms with Gasteiger partial charge in [0.25, 0.3) is 0 Å². The number of morpholine rings is 1. The van der Waals surface area contributed by atoms with Gasteiger partial charge in [-0.05, 0) is 25.2 Å². The lowest BCUT2D eigenvalue weighted by Gasteiger charge is -2.39. The van der Waals surface area contributed by atoms with Gasteiger partial charge in [-0.3, -0.25) is 0 Å². The quantitative estimate of drug-likeness (QED) is 0.877. The molecule has 0 radical (unpaired) electrons. The topological polar surface area (TPSA) is 93.0 Å². The number of anilines is 2. The largest absolute Gasteiger partial charge is 0.371 e. The molecule has 7 heteroatoms. The monoisotopic (exact) mass is 316 g/mol. The minimum atomic E-state index is 0.267. The molecule has 124 valence electrons. The average molecular weight is 316 g/mol. The average Bonchev–Trinajstić information content (AvgIpc) is 3.30. The molecule has 3 N–H and O–H groups in total. The Labute approximate surface area is 135 Å². The van der Waals surface area contributed by atoms with E-state index in [1.807, 2.05) is 0 Å². The third-order valence-corrected chi connectivity index (χ3v) is 4.80. The van der Waals surface area contributed by atoms with Crippen molar-refractivity contribution in [1.29, 1.82) is 0 Å². The summed E-state index contributed by atoms with van der Waals surface area (Å²) in [5.74, 6) is 1.85. The summed E-state index contributed by atoms with van der Waals surface area (Å²) in [5, 5.41) is 0. The van der Waals surface area contributed by atoms with Crippen LogP contribution in [0.15, 0.2) is 6.33 Å². The Balaban J connectivity index is 1.63. The van der Waals surface area contributed by atoms with E-state index < -0.39 is 0 Å². The van der Waals surface area contributed by atoms with E-state index in [1.54, 1.807) is 6.33 Å². The first-order chi connectivity index (χ1) is 11.2. The number of nitrogens with one attached hydrogen (secondary N) is 1. The molecule has 0 bridgehead atoms. The van der Waals surface area contributed by atoms with Gasteiger partial charge in [-0.1, -0.05) is 19.8 Å². The maximum atomic E-state index is 6.35. The SMILES string of the molecule is CCCC[C@@H]1CN(c2nc(N)nc3nc[nH]c23)C[C@H](C2CC2)O1. The fourth-order valence-electron chi connectivity index (χ4n) is 3.43. The number of ether oxygens (including phenoxy) is 1. The molecule has 23 heavy (non-hydrogen) atoms. The van der Waals surface area contributed by atoms with E-state index in [9.17, 15) is 0 Å². The standard InChI is InChI=1S/C16H24N6O/c1-2-3-4-11-7-22(8-12(23-11)10-5-6-10)15-13-14(19-9-18-13)20-16(17)21-15/h9-12H,2-8H2,1H3,(H3,17,18,19,20,21)/t11-,12-/m1/s1. The lowest BCUT2D eigenvalue weighted by molar-refractivity contribution is -0.0411. The zero-order valence-corrected chi connectivity index (χ0v) is 13.5. The second-order valence-corrected chi connectivity index (χ2v) is 6.69. The van der Waals surface area contributed by atoms with Crippen LogP contribution in [0.5, 0.6) is 0 Å². The van der Waals surface area contributed by atoms with Crippen LogP contribution in [0.3, 0.4) is 0 Å². The molecule has 4 rings (SSSR count). The summed E-state index contributed by atoms with van der Waals surface area (Å²) in [6.45, 7) is 3.95. The molecule has 0 spiro atoms. The second-order valence-electron chi connectivity index (χ2n) is 6.69. The molecular weight excluding hydrogens is 292 g/mol. The third-order valence-electron chi connectivity index (χ3n) is 4.80. The number of unbranched alkanes of at least 4 members (excludes halogenated alkanes) is 1. The summed E-state index contributed by atoms with van der Waals surface area (Å²) in [5.41, 5.74) is 7.38. The van der Waals surface area contributed by atoms with Crippen LogP contribution in [0.2, 0.25) is 0 Å². The van der Waals surface area contributed by atoms with Crippen LogP contribution < -0.4 is 10.6 Å². The van der Waals surface area contributed by atoms with E-state index in [0.29, 0.717) is 17.7 Å². The molecule has 3 heterocycles. The first kappa shape index (κ1) is 14.7. The zero-order chi connectivity index (χ0) is 15.8. The summed E-state index contributed by atoms with van der Waals surface area (Å²) in [4.78, 5) is 18.4. The van der Waals surface area contributed by atoms with Crippen LogP contribution >= 0.6 is 0 Å². The maximum absolute atomic E-state index is 6.35. The van der Waals surface area contributed by atoms with E-state index in [-0.39, 0.29) is 12.1 Å². The highest BCUT2D eigenvalue weighted by Crippen LogP contribution is 2.38.